The molecule has 1 saturated heterocycles. The summed E-state index contributed by atoms with van der Waals surface area (Å²) in [4.78, 5) is 74.6. The van der Waals surface area contributed by atoms with Crippen LogP contribution in [0.4, 0.5) is 5.00 Å². The van der Waals surface area contributed by atoms with Gasteiger partial charge in [0.2, 0.25) is 4.96 Å². The van der Waals surface area contributed by atoms with Gasteiger partial charge in [-0.3, -0.25) is 19.3 Å². The summed E-state index contributed by atoms with van der Waals surface area (Å²) in [5.41, 5.74) is 11.0. The number of hydrogen-bond acceptors (Lipinski definition) is 16. The zero-order valence-electron chi connectivity index (χ0n) is 40.2. The number of nitrogens with one attached hydrogen (secondary N) is 1. The monoisotopic (exact) mass is 1060 g/mol. The second kappa shape index (κ2) is 22.0. The van der Waals surface area contributed by atoms with E-state index in [9.17, 15) is 19.2 Å². The summed E-state index contributed by atoms with van der Waals surface area (Å²) in [6.07, 6.45) is -1.39. The molecule has 3 N–H and O–H groups in total. The minimum atomic E-state index is -1.10. The van der Waals surface area contributed by atoms with Crippen molar-refractivity contribution in [3.63, 3.8) is 0 Å². The van der Waals surface area contributed by atoms with Crippen molar-refractivity contribution in [2.45, 2.75) is 47.2 Å². The molecular weight excluding hydrogens is 1010 g/mol. The van der Waals surface area contributed by atoms with Crippen LogP contribution in [0.15, 0.2) is 183 Å². The van der Waals surface area contributed by atoms with Crippen LogP contribution in [0.5, 0.6) is 0 Å². The number of carbonyl (C=O) groups excluding carboxylic acids is 3. The molecule has 10 rings (SSSR count). The second-order valence-corrected chi connectivity index (χ2v) is 21.7. The Morgan fingerprint density at radius 1 is 0.838 bits per heavy atom. The first kappa shape index (κ1) is 50.1. The lowest BCUT2D eigenvalue weighted by molar-refractivity contribution is -0.154. The molecule has 0 spiro atoms. The molecule has 3 atom stereocenters. The first-order valence-electron chi connectivity index (χ1n) is 23.5. The van der Waals surface area contributed by atoms with Crippen LogP contribution in [0, 0.1) is 6.92 Å². The molecule has 2 amide bonds. The molecule has 74 heavy (non-hydrogen) atoms. The van der Waals surface area contributed by atoms with Crippen LogP contribution in [0.3, 0.4) is 0 Å². The van der Waals surface area contributed by atoms with E-state index in [0.717, 1.165) is 27.8 Å². The van der Waals surface area contributed by atoms with Gasteiger partial charge in [0.15, 0.2) is 16.2 Å². The van der Waals surface area contributed by atoms with Crippen molar-refractivity contribution >= 4 is 79.7 Å². The Labute approximate surface area is 442 Å². The SMILES string of the molecule is COCC(C)ON=C(C(=O)N[C@@H]1C(=O)N2C(C(=O)OC(c3ccccc3)c3ccccc3)=C(CSc3nn4c(=O)cc(C)nc4s3)CS[C@H]12)c1nc(C(c2ccccc2)(c2ccccc2)c2ccccc2)sc1N. The third-order valence-corrected chi connectivity index (χ3v) is 16.9. The van der Waals surface area contributed by atoms with Gasteiger partial charge in [-0.15, -0.1) is 16.9 Å². The van der Waals surface area contributed by atoms with E-state index in [1.54, 1.807) is 13.8 Å². The largest absolute Gasteiger partial charge is 0.448 e. The van der Waals surface area contributed by atoms with E-state index in [1.807, 2.05) is 152 Å². The van der Waals surface area contributed by atoms with Crippen LogP contribution in [0.25, 0.3) is 4.96 Å². The van der Waals surface area contributed by atoms with E-state index in [2.05, 4.69) is 20.6 Å². The van der Waals surface area contributed by atoms with E-state index in [-0.39, 0.29) is 40.0 Å². The van der Waals surface area contributed by atoms with Crippen molar-refractivity contribution in [3.8, 4) is 0 Å². The summed E-state index contributed by atoms with van der Waals surface area (Å²) in [5.74, 6) is -1.50. The second-order valence-electron chi connectivity index (χ2n) is 17.4. The molecule has 0 bridgehead atoms. The van der Waals surface area contributed by atoms with Gasteiger partial charge >= 0.3 is 5.97 Å². The van der Waals surface area contributed by atoms with Gasteiger partial charge in [0.05, 0.1) is 12.0 Å². The number of nitrogen functional groups attached to an aromatic ring is 1. The fourth-order valence-corrected chi connectivity index (χ4v) is 13.6. The van der Waals surface area contributed by atoms with Crippen LogP contribution in [0.2, 0.25) is 0 Å². The fraction of sp³-hybridized carbons (Fsp3) is 0.200. The summed E-state index contributed by atoms with van der Waals surface area (Å²) in [6.45, 7) is 3.65. The number of rotatable bonds is 18. The topological polar surface area (TPSA) is 193 Å². The van der Waals surface area contributed by atoms with Crippen molar-refractivity contribution in [2.24, 2.45) is 5.16 Å². The van der Waals surface area contributed by atoms with Gasteiger partial charge in [0, 0.05) is 30.4 Å². The van der Waals surface area contributed by atoms with E-state index < -0.39 is 46.8 Å². The number of thioether (sulfide) groups is 2. The van der Waals surface area contributed by atoms with E-state index in [0.29, 0.717) is 31.3 Å². The number of esters is 1. The van der Waals surface area contributed by atoms with Gasteiger partial charge < -0.3 is 25.4 Å². The van der Waals surface area contributed by atoms with Gasteiger partial charge in [0.1, 0.15) is 38.9 Å². The normalized spacial score (nSPS) is 16.2. The number of aromatic nitrogens is 4. The molecule has 1 fully saturated rings. The van der Waals surface area contributed by atoms with Gasteiger partial charge in [-0.2, -0.15) is 4.52 Å². The third kappa shape index (κ3) is 9.88. The maximum Gasteiger partial charge on any atom is 0.356 e. The molecule has 8 aromatic rings. The van der Waals surface area contributed by atoms with E-state index >= 15 is 0 Å². The quantitative estimate of drug-likeness (QED) is 0.0208. The number of ether oxygens (including phenoxy) is 2. The predicted molar refractivity (Wildman–Crippen MR) is 289 cm³/mol. The number of nitrogens with zero attached hydrogens (tertiary/aromatic N) is 6. The molecular formula is C55H48N8O7S4. The Hall–Kier alpha value is -7.42. The maximum atomic E-state index is 14.9. The maximum absolute atomic E-state index is 14.9. The zero-order valence-corrected chi connectivity index (χ0v) is 43.5. The lowest BCUT2D eigenvalue weighted by Crippen LogP contribution is -2.71. The average Bonchev–Trinajstić information content (AvgIpc) is 4.04. The van der Waals surface area contributed by atoms with Crippen molar-refractivity contribution in [1.29, 1.82) is 0 Å². The number of β-lactam (4-membered cyclic amide) rings is 1. The number of fused-ring (bicyclic) bond motifs is 2. The molecule has 2 aliphatic rings. The molecule has 0 saturated carbocycles. The molecule has 374 valence electrons. The Kier molecular flexibility index (Phi) is 14.9. The van der Waals surface area contributed by atoms with Gasteiger partial charge in [-0.05, 0) is 47.2 Å². The number of carbonyl (C=O) groups is 3. The molecule has 0 radical (unpaired) electrons. The number of thiazole rings is 1. The van der Waals surface area contributed by atoms with Crippen LogP contribution >= 0.6 is 46.2 Å². The summed E-state index contributed by atoms with van der Waals surface area (Å²) in [6, 6.07) is 49.0. The highest BCUT2D eigenvalue weighted by molar-refractivity contribution is 8.02. The number of anilines is 1. The molecule has 3 aromatic heterocycles. The zero-order chi connectivity index (χ0) is 51.3. The molecule has 1 unspecified atom stereocenters. The smallest absolute Gasteiger partial charge is 0.356 e. The van der Waals surface area contributed by atoms with E-state index in [4.69, 9.17) is 25.0 Å². The number of oxime groups is 1. The first-order valence-corrected chi connectivity index (χ1v) is 27.2. The third-order valence-electron chi connectivity index (χ3n) is 12.4. The van der Waals surface area contributed by atoms with E-state index in [1.165, 1.54) is 68.8 Å². The Morgan fingerprint density at radius 2 is 1.41 bits per heavy atom. The summed E-state index contributed by atoms with van der Waals surface area (Å²) >= 11 is 5.18. The lowest BCUT2D eigenvalue weighted by Gasteiger charge is -2.49. The van der Waals surface area contributed by atoms with Gasteiger partial charge in [-0.1, -0.05) is 191 Å². The molecule has 15 nitrogen and oxygen atoms in total. The molecule has 0 aliphatic carbocycles. The van der Waals surface area contributed by atoms with Crippen LogP contribution in [0.1, 0.15) is 57.2 Å². The first-order chi connectivity index (χ1) is 36.0. The van der Waals surface area contributed by atoms with Crippen molar-refractivity contribution in [2.75, 3.05) is 31.0 Å². The minimum absolute atomic E-state index is 0.0676. The number of aryl methyl sites for hydroxylation is 1. The molecule has 5 aromatic carbocycles. The Balaban J connectivity index is 0.995. The van der Waals surface area contributed by atoms with Crippen LogP contribution < -0.4 is 16.6 Å². The Morgan fingerprint density at radius 3 is 1.97 bits per heavy atom. The lowest BCUT2D eigenvalue weighted by atomic mass is 9.70. The molecule has 19 heteroatoms. The van der Waals surface area contributed by atoms with Gasteiger partial charge in [0.25, 0.3) is 17.4 Å². The van der Waals surface area contributed by atoms with Crippen molar-refractivity contribution in [3.05, 3.63) is 224 Å². The average molecular weight is 1060 g/mol. The number of hydrogen-bond donors (Lipinski definition) is 2. The molecule has 2 aliphatic heterocycles. The summed E-state index contributed by atoms with van der Waals surface area (Å²) < 4.78 is 13.5. The number of amides is 2. The predicted octanol–water partition coefficient (Wildman–Crippen LogP) is 8.42. The number of nitrogens with two attached hydrogens (primary N) is 1. The minimum Gasteiger partial charge on any atom is -0.448 e. The molecule has 5 heterocycles. The Bertz CT molecular complexity index is 3310. The highest BCUT2D eigenvalue weighted by atomic mass is 32.2. The highest BCUT2D eigenvalue weighted by Gasteiger charge is 2.55. The number of methoxy groups -OCH3 is 1. The number of benzene rings is 5. The standard InChI is InChI=1S/C55H48N8O7S4/c1-33-29-41(64)63-53(57-33)74-54(60-63)72-32-37-31-71-50-44(49(66)62(50)45(37)51(67)69-46(35-19-9-4-10-20-35)36-21-11-5-12-22-36)58-48(65)43(61-70-34(2)30-68-3)42-47(56)73-52(59-42)55(38-23-13-6-14-24-38,39-25-15-7-16-26-39)40-27-17-8-18-28-40/h4-29,34,44,46,50H,30-32,56H2,1-3H3,(H,58,65)/t34?,44-,50-/m1/s1. The van der Waals surface area contributed by atoms with Crippen molar-refractivity contribution < 1.29 is 28.7 Å². The van der Waals surface area contributed by atoms with Crippen LogP contribution in [-0.2, 0) is 34.1 Å². The summed E-state index contributed by atoms with van der Waals surface area (Å²) in [7, 11) is 1.53. The summed E-state index contributed by atoms with van der Waals surface area (Å²) in [5, 5.41) is 11.9. The fourth-order valence-electron chi connectivity index (χ4n) is 9.05. The van der Waals surface area contributed by atoms with Crippen LogP contribution in [-0.4, -0.2) is 90.7 Å². The van der Waals surface area contributed by atoms with Crippen molar-refractivity contribution in [1.82, 2.24) is 29.8 Å². The van der Waals surface area contributed by atoms with Gasteiger partial charge in [-0.25, -0.2) is 14.8 Å². The highest BCUT2D eigenvalue weighted by Crippen LogP contribution is 2.48.